The summed E-state index contributed by atoms with van der Waals surface area (Å²) in [7, 11) is 0. The Balaban J connectivity index is 4.90. The van der Waals surface area contributed by atoms with E-state index < -0.39 is 25.3 Å². The van der Waals surface area contributed by atoms with Crippen LogP contribution in [0.4, 0.5) is 0 Å². The van der Waals surface area contributed by atoms with Crippen molar-refractivity contribution in [3.63, 3.8) is 0 Å². The molecule has 0 aromatic carbocycles. The number of aliphatic hydroxyl groups is 2. The predicted octanol–water partition coefficient (Wildman–Crippen LogP) is -1.23. The van der Waals surface area contributed by atoms with Crippen molar-refractivity contribution < 1.29 is 33.9 Å². The first-order valence-electron chi connectivity index (χ1n) is 4.96. The zero-order valence-electron chi connectivity index (χ0n) is 10.4. The smallest absolute Gasteiger partial charge is 0.385 e. The van der Waals surface area contributed by atoms with Crippen LogP contribution in [-0.4, -0.2) is 42.2 Å². The van der Waals surface area contributed by atoms with Crippen LogP contribution >= 0.6 is 0 Å². The summed E-state index contributed by atoms with van der Waals surface area (Å²) in [4.78, 5) is 0. The Labute approximate surface area is 116 Å². The quantitative estimate of drug-likeness (QED) is 0.310. The predicted molar refractivity (Wildman–Crippen MR) is 65.3 cm³/mol. The largest absolute Gasteiger partial charge is 0.472 e. The van der Waals surface area contributed by atoms with E-state index >= 15 is 0 Å². The molecule has 0 aliphatic heterocycles. The summed E-state index contributed by atoms with van der Waals surface area (Å²) in [5.74, 6) is 1.51. The van der Waals surface area contributed by atoms with Crippen LogP contribution in [-0.2, 0) is 23.7 Å². The molecule has 0 heterocycles. The van der Waals surface area contributed by atoms with Gasteiger partial charge in [0.2, 0.25) is 0 Å². The van der Waals surface area contributed by atoms with E-state index in [0.29, 0.717) is 0 Å². The summed E-state index contributed by atoms with van der Waals surface area (Å²) in [6.07, 6.45) is 19.9. The first-order valence-corrected chi connectivity index (χ1v) is 4.96. The Hall–Kier alpha value is -2.36. The van der Waals surface area contributed by atoms with Gasteiger partial charge >= 0.3 is 12.1 Å². The molecule has 0 rings (SSSR count). The van der Waals surface area contributed by atoms with Gasteiger partial charge < -0.3 is 24.4 Å². The van der Waals surface area contributed by atoms with E-state index in [4.69, 9.17) is 30.4 Å². The minimum atomic E-state index is -2.90. The van der Waals surface area contributed by atoms with Crippen LogP contribution in [0.2, 0.25) is 0 Å². The normalized spacial score (nSPS) is 15.3. The van der Waals surface area contributed by atoms with Crippen LogP contribution in [0.3, 0.4) is 0 Å². The van der Waals surface area contributed by atoms with Crippen molar-refractivity contribution in [2.75, 3.05) is 19.8 Å². The third-order valence-electron chi connectivity index (χ3n) is 1.50. The molecule has 0 aliphatic rings. The second kappa shape index (κ2) is 8.69. The van der Waals surface area contributed by atoms with Crippen molar-refractivity contribution in [3.8, 4) is 49.7 Å². The molecule has 0 aliphatic carbocycles. The van der Waals surface area contributed by atoms with Gasteiger partial charge in [0.15, 0.2) is 0 Å². The average molecular weight is 280 g/mol. The Kier molecular flexibility index (Phi) is 7.67. The van der Waals surface area contributed by atoms with Gasteiger partial charge in [0.1, 0.15) is 32.0 Å². The lowest BCUT2D eigenvalue weighted by Crippen LogP contribution is -2.51. The molecule has 7 nitrogen and oxygen atoms in total. The number of rotatable bonds is 9. The highest BCUT2D eigenvalue weighted by atomic mass is 17.0. The zero-order chi connectivity index (χ0) is 15.5. The van der Waals surface area contributed by atoms with Crippen LogP contribution in [0.25, 0.3) is 0 Å². The third kappa shape index (κ3) is 6.54. The van der Waals surface area contributed by atoms with Crippen LogP contribution in [0.5, 0.6) is 0 Å². The summed E-state index contributed by atoms with van der Waals surface area (Å²) < 4.78 is 22.7. The van der Waals surface area contributed by atoms with Crippen LogP contribution < -0.4 is 0 Å². The van der Waals surface area contributed by atoms with Crippen LogP contribution in [0.1, 0.15) is 0 Å². The number of hydrogen-bond acceptors (Lipinski definition) is 7. The lowest BCUT2D eigenvalue weighted by atomic mass is 10.5. The molecule has 0 saturated heterocycles. The second-order valence-electron chi connectivity index (χ2n) is 2.97. The lowest BCUT2D eigenvalue weighted by Gasteiger charge is -2.31. The van der Waals surface area contributed by atoms with E-state index in [2.05, 4.69) is 24.9 Å². The van der Waals surface area contributed by atoms with E-state index in [1.54, 1.807) is 12.2 Å². The monoisotopic (exact) mass is 280 g/mol. The first kappa shape index (κ1) is 17.6. The molecular weight excluding hydrogens is 268 g/mol. The molecule has 2 unspecified atom stereocenters. The number of terminal acetylenes is 4. The summed E-state index contributed by atoms with van der Waals surface area (Å²) in [5, 5.41) is 19.6. The highest BCUT2D eigenvalue weighted by molar-refractivity contribution is 4.84. The maximum absolute atomic E-state index is 9.88. The molecule has 0 radical (unpaired) electrons. The van der Waals surface area contributed by atoms with Gasteiger partial charge in [0.05, 0.1) is 0 Å². The van der Waals surface area contributed by atoms with Gasteiger partial charge in [-0.2, -0.15) is 0 Å². The Morgan fingerprint density at radius 3 is 2.00 bits per heavy atom. The first-order chi connectivity index (χ1) is 9.45. The van der Waals surface area contributed by atoms with E-state index in [1.165, 1.54) is 0 Å². The van der Waals surface area contributed by atoms with Gasteiger partial charge in [-0.05, 0) is 0 Å². The van der Waals surface area contributed by atoms with Crippen LogP contribution in [0, 0.1) is 49.7 Å². The van der Waals surface area contributed by atoms with E-state index in [9.17, 15) is 10.2 Å². The highest BCUT2D eigenvalue weighted by Crippen LogP contribution is 2.21. The van der Waals surface area contributed by atoms with Gasteiger partial charge in [-0.1, -0.05) is 24.7 Å². The van der Waals surface area contributed by atoms with Crippen molar-refractivity contribution in [2.24, 2.45) is 0 Å². The summed E-state index contributed by atoms with van der Waals surface area (Å²) in [5.41, 5.74) is 0. The maximum atomic E-state index is 9.88. The molecule has 106 valence electrons. The van der Waals surface area contributed by atoms with Crippen molar-refractivity contribution in [2.45, 2.75) is 12.1 Å². The van der Waals surface area contributed by atoms with E-state index in [0.717, 1.165) is 0 Å². The lowest BCUT2D eigenvalue weighted by molar-refractivity contribution is -0.544. The van der Waals surface area contributed by atoms with Crippen molar-refractivity contribution in [1.82, 2.24) is 0 Å². The van der Waals surface area contributed by atoms with Crippen molar-refractivity contribution >= 4 is 0 Å². The van der Waals surface area contributed by atoms with Gasteiger partial charge in [-0.15, -0.1) is 12.8 Å². The fourth-order valence-electron chi connectivity index (χ4n) is 0.899. The number of ether oxygens (including phenoxy) is 5. The molecule has 0 spiro atoms. The molecule has 20 heavy (non-hydrogen) atoms. The summed E-state index contributed by atoms with van der Waals surface area (Å²) in [6.45, 7) is -1.30. The molecule has 0 amide bonds. The SMILES string of the molecule is C#CCOCC(O)(OC#C)OC(O)(OC#C)OCC#C. The molecular formula is C13H12O7. The molecule has 0 bridgehead atoms. The average Bonchev–Trinajstić information content (AvgIpc) is 2.37. The Morgan fingerprint density at radius 1 is 0.900 bits per heavy atom. The van der Waals surface area contributed by atoms with E-state index in [-0.39, 0.29) is 6.61 Å². The minimum Gasteiger partial charge on any atom is -0.385 e. The van der Waals surface area contributed by atoms with Gasteiger partial charge in [0.25, 0.3) is 0 Å². The maximum Gasteiger partial charge on any atom is 0.472 e. The zero-order valence-corrected chi connectivity index (χ0v) is 10.4. The number of hydrogen-bond donors (Lipinski definition) is 2. The Morgan fingerprint density at radius 2 is 1.50 bits per heavy atom. The molecule has 0 aromatic heterocycles. The van der Waals surface area contributed by atoms with Gasteiger partial charge in [0, 0.05) is 0 Å². The highest BCUT2D eigenvalue weighted by Gasteiger charge is 2.45. The molecule has 2 N–H and O–H groups in total. The van der Waals surface area contributed by atoms with Crippen LogP contribution in [0.15, 0.2) is 0 Å². The third-order valence-corrected chi connectivity index (χ3v) is 1.50. The summed E-state index contributed by atoms with van der Waals surface area (Å²) >= 11 is 0. The Bertz CT molecular complexity index is 461. The van der Waals surface area contributed by atoms with Gasteiger partial charge in [-0.25, -0.2) is 4.74 Å². The molecule has 7 heteroatoms. The van der Waals surface area contributed by atoms with Gasteiger partial charge in [-0.3, -0.25) is 4.74 Å². The summed E-state index contributed by atoms with van der Waals surface area (Å²) in [6, 6.07) is 0. The fourth-order valence-corrected chi connectivity index (χ4v) is 0.899. The molecule has 0 aromatic rings. The minimum absolute atomic E-state index is 0.181. The topological polar surface area (TPSA) is 86.6 Å². The van der Waals surface area contributed by atoms with E-state index in [1.807, 2.05) is 5.92 Å². The van der Waals surface area contributed by atoms with Crippen molar-refractivity contribution in [1.29, 1.82) is 0 Å². The fraction of sp³-hybridized carbons (Fsp3) is 0.385. The molecule has 2 atom stereocenters. The van der Waals surface area contributed by atoms with Crippen molar-refractivity contribution in [3.05, 3.63) is 0 Å². The standard InChI is InChI=1S/C13H12O7/c1-5-9-16-11-12(14,17-7-3)20-13(15,18-8-4)19-10-6-2/h1-4,14-15H,9-11H2. The molecule has 0 saturated carbocycles. The second-order valence-corrected chi connectivity index (χ2v) is 2.97. The molecule has 0 fully saturated rings.